The van der Waals surface area contributed by atoms with Crippen LogP contribution in [0.25, 0.3) is 0 Å². The third kappa shape index (κ3) is 9.70. The van der Waals surface area contributed by atoms with Crippen LogP contribution in [-0.2, 0) is 32.4 Å². The van der Waals surface area contributed by atoms with Crippen LogP contribution in [-0.4, -0.2) is 59.1 Å². The van der Waals surface area contributed by atoms with Gasteiger partial charge in [-0.3, -0.25) is 14.3 Å². The molecule has 0 saturated carbocycles. The summed E-state index contributed by atoms with van der Waals surface area (Å²) >= 11 is 0. The van der Waals surface area contributed by atoms with Gasteiger partial charge in [-0.05, 0) is 30.3 Å². The quantitative estimate of drug-likeness (QED) is 0.210. The number of pyridine rings is 1. The summed E-state index contributed by atoms with van der Waals surface area (Å²) in [5, 5.41) is 19.5. The van der Waals surface area contributed by atoms with Crippen LogP contribution in [0.5, 0.6) is 5.75 Å². The smallest absolute Gasteiger partial charge is 0.433 e. The summed E-state index contributed by atoms with van der Waals surface area (Å²) in [7, 11) is 0. The monoisotopic (exact) mass is 643 g/mol. The first kappa shape index (κ1) is 32.8. The van der Waals surface area contributed by atoms with E-state index in [0.717, 1.165) is 41.2 Å². The van der Waals surface area contributed by atoms with Crippen LogP contribution in [0, 0.1) is 5.82 Å². The fraction of sp³-hybridized carbons (Fsp3) is 0.346. The summed E-state index contributed by atoms with van der Waals surface area (Å²) in [6, 6.07) is 6.23. The SMILES string of the molecule is CC(F)(F)Oc1ccc(F)c(CNC(=O)c2cn(CC(F)CCn3cc(C(=O)NCc4cccc(C(F)(F)F)n4)nn3)nn2)c1. The second-order valence-electron chi connectivity index (χ2n) is 9.62. The number of ether oxygens (including phenoxy) is 1. The molecule has 0 aliphatic rings. The number of alkyl halides is 6. The summed E-state index contributed by atoms with van der Waals surface area (Å²) in [5.74, 6) is -2.57. The lowest BCUT2D eigenvalue weighted by Gasteiger charge is -2.14. The van der Waals surface area contributed by atoms with Gasteiger partial charge in [-0.25, -0.2) is 18.4 Å². The van der Waals surface area contributed by atoms with Crippen molar-refractivity contribution in [2.45, 2.75) is 58.0 Å². The van der Waals surface area contributed by atoms with Crippen LogP contribution in [0.3, 0.4) is 0 Å². The molecule has 2 N–H and O–H groups in total. The molecule has 1 unspecified atom stereocenters. The molecule has 45 heavy (non-hydrogen) atoms. The molecule has 0 spiro atoms. The van der Waals surface area contributed by atoms with Crippen molar-refractivity contribution in [1.29, 1.82) is 0 Å². The maximum absolute atomic E-state index is 14.6. The van der Waals surface area contributed by atoms with Crippen molar-refractivity contribution in [2.24, 2.45) is 0 Å². The normalized spacial score (nSPS) is 12.5. The molecule has 4 aromatic rings. The molecule has 1 aromatic carbocycles. The Morgan fingerprint density at radius 1 is 0.933 bits per heavy atom. The summed E-state index contributed by atoms with van der Waals surface area (Å²) in [6.45, 7) is -0.455. The van der Waals surface area contributed by atoms with E-state index in [1.807, 2.05) is 0 Å². The number of carbonyl (C=O) groups excluding carboxylic acids is 2. The summed E-state index contributed by atoms with van der Waals surface area (Å²) in [5.41, 5.74) is -1.59. The van der Waals surface area contributed by atoms with Gasteiger partial charge in [0.1, 0.15) is 23.4 Å². The Morgan fingerprint density at radius 2 is 1.58 bits per heavy atom. The molecule has 1 atom stereocenters. The lowest BCUT2D eigenvalue weighted by atomic mass is 10.2. The Kier molecular flexibility index (Phi) is 9.98. The molecule has 240 valence electrons. The third-order valence-electron chi connectivity index (χ3n) is 5.88. The Balaban J connectivity index is 1.22. The van der Waals surface area contributed by atoms with E-state index in [1.165, 1.54) is 16.9 Å². The maximum atomic E-state index is 14.6. The van der Waals surface area contributed by atoms with E-state index >= 15 is 0 Å². The molecule has 0 aliphatic heterocycles. The molecule has 0 radical (unpaired) electrons. The molecule has 12 nitrogen and oxygen atoms in total. The van der Waals surface area contributed by atoms with Gasteiger partial charge in [0, 0.05) is 32.0 Å². The zero-order chi connectivity index (χ0) is 32.8. The van der Waals surface area contributed by atoms with E-state index in [-0.39, 0.29) is 61.0 Å². The number of aromatic nitrogens is 7. The largest absolute Gasteiger partial charge is 0.433 e. The van der Waals surface area contributed by atoms with Gasteiger partial charge in [0.15, 0.2) is 11.4 Å². The predicted molar refractivity (Wildman–Crippen MR) is 139 cm³/mol. The Hall–Kier alpha value is -5.10. The fourth-order valence-corrected chi connectivity index (χ4v) is 3.79. The lowest BCUT2D eigenvalue weighted by molar-refractivity contribution is -0.159. The third-order valence-corrected chi connectivity index (χ3v) is 5.88. The topological polar surface area (TPSA) is 142 Å². The van der Waals surface area contributed by atoms with Crippen molar-refractivity contribution in [3.63, 3.8) is 0 Å². The summed E-state index contributed by atoms with van der Waals surface area (Å²) in [6.07, 6.45) is -7.32. The van der Waals surface area contributed by atoms with Crippen LogP contribution in [0.1, 0.15) is 51.3 Å². The first-order valence-corrected chi connectivity index (χ1v) is 13.1. The van der Waals surface area contributed by atoms with Crippen LogP contribution in [0.15, 0.2) is 48.8 Å². The van der Waals surface area contributed by atoms with Gasteiger partial charge in [0.2, 0.25) is 0 Å². The van der Waals surface area contributed by atoms with Crippen molar-refractivity contribution < 1.29 is 45.1 Å². The minimum absolute atomic E-state index is 0.00300. The lowest BCUT2D eigenvalue weighted by Crippen LogP contribution is -2.24. The molecule has 0 saturated heterocycles. The van der Waals surface area contributed by atoms with E-state index in [1.54, 1.807) is 0 Å². The Morgan fingerprint density at radius 3 is 2.24 bits per heavy atom. The van der Waals surface area contributed by atoms with Gasteiger partial charge < -0.3 is 15.4 Å². The number of benzene rings is 1. The van der Waals surface area contributed by atoms with Gasteiger partial charge >= 0.3 is 12.3 Å². The van der Waals surface area contributed by atoms with Crippen LogP contribution in [0.2, 0.25) is 0 Å². The first-order chi connectivity index (χ1) is 21.2. The average molecular weight is 644 g/mol. The number of hydrogen-bond acceptors (Lipinski definition) is 8. The summed E-state index contributed by atoms with van der Waals surface area (Å²) < 4.78 is 99.9. The van der Waals surface area contributed by atoms with Gasteiger partial charge in [-0.15, -0.1) is 10.2 Å². The van der Waals surface area contributed by atoms with Crippen molar-refractivity contribution in [3.05, 3.63) is 82.9 Å². The molecule has 4 rings (SSSR count). The molecule has 0 aliphatic carbocycles. The number of nitrogens with one attached hydrogen (secondary N) is 2. The number of carbonyl (C=O) groups is 2. The van der Waals surface area contributed by atoms with Crippen molar-refractivity contribution in [2.75, 3.05) is 0 Å². The van der Waals surface area contributed by atoms with Gasteiger partial charge in [0.25, 0.3) is 11.8 Å². The number of amides is 2. The second-order valence-corrected chi connectivity index (χ2v) is 9.62. The van der Waals surface area contributed by atoms with Gasteiger partial charge in [0.05, 0.1) is 31.2 Å². The van der Waals surface area contributed by atoms with E-state index < -0.39 is 41.8 Å². The molecule has 0 bridgehead atoms. The zero-order valence-electron chi connectivity index (χ0n) is 23.2. The number of rotatable bonds is 13. The van der Waals surface area contributed by atoms with E-state index in [4.69, 9.17) is 0 Å². The Bertz CT molecular complexity index is 1640. The summed E-state index contributed by atoms with van der Waals surface area (Å²) in [4.78, 5) is 28.2. The second kappa shape index (κ2) is 13.7. The standard InChI is InChI=1S/C26H24F7N9O3/c1-25(29,30)45-18-5-6-19(28)15(9-18)10-34-23(43)21-14-42(40-38-21)12-16(27)7-8-41-13-20(37-39-41)24(44)35-11-17-3-2-4-22(36-17)26(31,32)33/h2-6,9,13-14,16H,7-8,10-12H2,1H3,(H,34,43)(H,35,44). The highest BCUT2D eigenvalue weighted by molar-refractivity contribution is 5.92. The van der Waals surface area contributed by atoms with E-state index in [2.05, 4.69) is 41.0 Å². The molecule has 2 amide bonds. The van der Waals surface area contributed by atoms with Crippen LogP contribution < -0.4 is 15.4 Å². The van der Waals surface area contributed by atoms with Crippen LogP contribution in [0.4, 0.5) is 30.7 Å². The predicted octanol–water partition coefficient (Wildman–Crippen LogP) is 3.70. The van der Waals surface area contributed by atoms with Crippen molar-refractivity contribution in [1.82, 2.24) is 45.6 Å². The number of nitrogens with zero attached hydrogens (tertiary/aromatic N) is 7. The minimum atomic E-state index is -4.63. The number of halogens is 7. The first-order valence-electron chi connectivity index (χ1n) is 13.1. The molecule has 3 heterocycles. The fourth-order valence-electron chi connectivity index (χ4n) is 3.79. The molecule has 0 fully saturated rings. The maximum Gasteiger partial charge on any atom is 0.433 e. The number of aryl methyl sites for hydroxylation is 1. The average Bonchev–Trinajstić information content (AvgIpc) is 3.64. The highest BCUT2D eigenvalue weighted by atomic mass is 19.4. The van der Waals surface area contributed by atoms with Gasteiger partial charge in [-0.2, -0.15) is 22.0 Å². The van der Waals surface area contributed by atoms with E-state index in [0.29, 0.717) is 6.92 Å². The van der Waals surface area contributed by atoms with Crippen molar-refractivity contribution >= 4 is 11.8 Å². The molecule has 19 heteroatoms. The van der Waals surface area contributed by atoms with Crippen molar-refractivity contribution in [3.8, 4) is 5.75 Å². The van der Waals surface area contributed by atoms with Gasteiger partial charge in [-0.1, -0.05) is 16.5 Å². The molecular weight excluding hydrogens is 619 g/mol. The molecule has 3 aromatic heterocycles. The van der Waals surface area contributed by atoms with E-state index in [9.17, 15) is 40.3 Å². The minimum Gasteiger partial charge on any atom is -0.433 e. The number of hydrogen-bond donors (Lipinski definition) is 2. The Labute approximate surface area is 249 Å². The zero-order valence-corrected chi connectivity index (χ0v) is 23.2. The van der Waals surface area contributed by atoms with Crippen LogP contribution >= 0.6 is 0 Å². The highest BCUT2D eigenvalue weighted by Gasteiger charge is 2.32. The molecular formula is C26H24F7N9O3. The highest BCUT2D eigenvalue weighted by Crippen LogP contribution is 2.27.